The van der Waals surface area contributed by atoms with E-state index in [-0.39, 0.29) is 12.8 Å². The smallest absolute Gasteiger partial charge is 0.303 e. The Kier molecular flexibility index (Phi) is 4.49. The lowest BCUT2D eigenvalue weighted by molar-refractivity contribution is -0.137. The summed E-state index contributed by atoms with van der Waals surface area (Å²) >= 11 is 0. The SMILES string of the molecule is Cc1ccc2cccc(NC(=O)C(N)CCC(=O)O)c2n1. The number of aryl methyl sites for hydroxylation is 1. The molecule has 1 atom stereocenters. The molecule has 0 radical (unpaired) electrons. The average molecular weight is 287 g/mol. The first-order chi connectivity index (χ1) is 9.97. The molecule has 4 N–H and O–H groups in total. The molecule has 0 aliphatic heterocycles. The molecular weight excluding hydrogens is 270 g/mol. The highest BCUT2D eigenvalue weighted by atomic mass is 16.4. The van der Waals surface area contributed by atoms with Crippen molar-refractivity contribution in [2.24, 2.45) is 5.73 Å². The molecule has 6 heteroatoms. The van der Waals surface area contributed by atoms with Gasteiger partial charge >= 0.3 is 5.97 Å². The molecule has 0 aliphatic carbocycles. The first-order valence-corrected chi connectivity index (χ1v) is 6.62. The highest BCUT2D eigenvalue weighted by molar-refractivity contribution is 6.02. The van der Waals surface area contributed by atoms with E-state index in [1.807, 2.05) is 31.2 Å². The average Bonchev–Trinajstić information content (AvgIpc) is 2.45. The molecular formula is C15H17N3O3. The second-order valence-corrected chi connectivity index (χ2v) is 4.86. The lowest BCUT2D eigenvalue weighted by Gasteiger charge is -2.12. The number of pyridine rings is 1. The van der Waals surface area contributed by atoms with Gasteiger partial charge in [-0.3, -0.25) is 14.6 Å². The quantitative estimate of drug-likeness (QED) is 0.775. The fourth-order valence-electron chi connectivity index (χ4n) is 1.98. The van der Waals surface area contributed by atoms with E-state index >= 15 is 0 Å². The van der Waals surface area contributed by atoms with E-state index in [1.54, 1.807) is 6.07 Å². The molecule has 21 heavy (non-hydrogen) atoms. The van der Waals surface area contributed by atoms with Gasteiger partial charge in [0.25, 0.3) is 0 Å². The van der Waals surface area contributed by atoms with E-state index in [2.05, 4.69) is 10.3 Å². The molecule has 1 unspecified atom stereocenters. The number of fused-ring (bicyclic) bond motifs is 1. The van der Waals surface area contributed by atoms with Crippen LogP contribution in [0.5, 0.6) is 0 Å². The van der Waals surface area contributed by atoms with Crippen LogP contribution in [0.15, 0.2) is 30.3 Å². The Morgan fingerprint density at radius 3 is 2.81 bits per heavy atom. The zero-order valence-electron chi connectivity index (χ0n) is 11.7. The van der Waals surface area contributed by atoms with Crippen molar-refractivity contribution in [3.8, 4) is 0 Å². The van der Waals surface area contributed by atoms with Gasteiger partial charge in [0.1, 0.15) is 0 Å². The molecule has 110 valence electrons. The van der Waals surface area contributed by atoms with Crippen molar-refractivity contribution in [1.29, 1.82) is 0 Å². The normalized spacial score (nSPS) is 12.1. The third-order valence-corrected chi connectivity index (χ3v) is 3.12. The minimum absolute atomic E-state index is 0.0956. The summed E-state index contributed by atoms with van der Waals surface area (Å²) < 4.78 is 0. The van der Waals surface area contributed by atoms with Gasteiger partial charge in [-0.15, -0.1) is 0 Å². The molecule has 6 nitrogen and oxygen atoms in total. The number of carboxylic acid groups (broad SMARTS) is 1. The number of aromatic nitrogens is 1. The summed E-state index contributed by atoms with van der Waals surface area (Å²) in [6.45, 7) is 1.87. The maximum absolute atomic E-state index is 12.0. The van der Waals surface area contributed by atoms with Crippen LogP contribution in [0.2, 0.25) is 0 Å². The van der Waals surface area contributed by atoms with Gasteiger partial charge in [-0.05, 0) is 25.5 Å². The maximum Gasteiger partial charge on any atom is 0.303 e. The Labute approximate surface area is 122 Å². The lowest BCUT2D eigenvalue weighted by atomic mass is 10.1. The first-order valence-electron chi connectivity index (χ1n) is 6.62. The van der Waals surface area contributed by atoms with Gasteiger partial charge in [0, 0.05) is 17.5 Å². The molecule has 0 saturated heterocycles. The Hall–Kier alpha value is -2.47. The Balaban J connectivity index is 2.17. The van der Waals surface area contributed by atoms with Gasteiger partial charge < -0.3 is 16.2 Å². The molecule has 0 fully saturated rings. The van der Waals surface area contributed by atoms with Gasteiger partial charge in [-0.2, -0.15) is 0 Å². The van der Waals surface area contributed by atoms with Gasteiger partial charge in [-0.1, -0.05) is 18.2 Å². The fourth-order valence-corrected chi connectivity index (χ4v) is 1.98. The number of anilines is 1. The van der Waals surface area contributed by atoms with Crippen molar-refractivity contribution < 1.29 is 14.7 Å². The number of carboxylic acids is 1. The van der Waals surface area contributed by atoms with Crippen molar-refractivity contribution in [2.75, 3.05) is 5.32 Å². The number of hydrogen-bond acceptors (Lipinski definition) is 4. The van der Waals surface area contributed by atoms with E-state index in [0.717, 1.165) is 11.1 Å². The first kappa shape index (κ1) is 14.9. The summed E-state index contributed by atoms with van der Waals surface area (Å²) in [5, 5.41) is 12.2. The van der Waals surface area contributed by atoms with Crippen molar-refractivity contribution in [1.82, 2.24) is 4.98 Å². The highest BCUT2D eigenvalue weighted by Gasteiger charge is 2.16. The largest absolute Gasteiger partial charge is 0.481 e. The van der Waals surface area contributed by atoms with Crippen LogP contribution in [0.25, 0.3) is 10.9 Å². The van der Waals surface area contributed by atoms with E-state index < -0.39 is 17.9 Å². The molecule has 2 aromatic rings. The van der Waals surface area contributed by atoms with Crippen LogP contribution in [0.3, 0.4) is 0 Å². The van der Waals surface area contributed by atoms with Crippen molar-refractivity contribution in [3.05, 3.63) is 36.0 Å². The van der Waals surface area contributed by atoms with Crippen LogP contribution in [0.4, 0.5) is 5.69 Å². The molecule has 1 heterocycles. The number of amides is 1. The lowest BCUT2D eigenvalue weighted by Crippen LogP contribution is -2.36. The number of carbonyl (C=O) groups excluding carboxylic acids is 1. The number of hydrogen-bond donors (Lipinski definition) is 3. The number of nitrogens with one attached hydrogen (secondary N) is 1. The third kappa shape index (κ3) is 3.76. The molecule has 0 saturated carbocycles. The highest BCUT2D eigenvalue weighted by Crippen LogP contribution is 2.21. The summed E-state index contributed by atoms with van der Waals surface area (Å²) in [4.78, 5) is 26.9. The van der Waals surface area contributed by atoms with Gasteiger partial charge in [-0.25, -0.2) is 0 Å². The van der Waals surface area contributed by atoms with Crippen LogP contribution in [0.1, 0.15) is 18.5 Å². The van der Waals surface area contributed by atoms with Crippen LogP contribution < -0.4 is 11.1 Å². The Morgan fingerprint density at radius 1 is 1.33 bits per heavy atom. The predicted molar refractivity (Wildman–Crippen MR) is 80.0 cm³/mol. The molecule has 1 amide bonds. The monoisotopic (exact) mass is 287 g/mol. The van der Waals surface area contributed by atoms with Gasteiger partial charge in [0.05, 0.1) is 17.2 Å². The number of para-hydroxylation sites is 1. The number of benzene rings is 1. The summed E-state index contributed by atoms with van der Waals surface area (Å²) in [6, 6.07) is 8.43. The molecule has 0 bridgehead atoms. The minimum Gasteiger partial charge on any atom is -0.481 e. The fraction of sp³-hybridized carbons (Fsp3) is 0.267. The Bertz CT molecular complexity index is 685. The van der Waals surface area contributed by atoms with Gasteiger partial charge in [0.15, 0.2) is 0 Å². The summed E-state index contributed by atoms with van der Waals surface area (Å²) in [5.74, 6) is -1.38. The zero-order chi connectivity index (χ0) is 15.4. The number of carbonyl (C=O) groups is 2. The zero-order valence-corrected chi connectivity index (χ0v) is 11.7. The van der Waals surface area contributed by atoms with E-state index in [9.17, 15) is 9.59 Å². The second-order valence-electron chi connectivity index (χ2n) is 4.86. The summed E-state index contributed by atoms with van der Waals surface area (Å²) in [7, 11) is 0. The van der Waals surface area contributed by atoms with E-state index in [1.165, 1.54) is 0 Å². The van der Waals surface area contributed by atoms with Gasteiger partial charge in [0.2, 0.25) is 5.91 Å². The molecule has 0 spiro atoms. The van der Waals surface area contributed by atoms with Crippen LogP contribution in [-0.2, 0) is 9.59 Å². The molecule has 2 rings (SSSR count). The standard InChI is InChI=1S/C15H17N3O3/c1-9-5-6-10-3-2-4-12(14(10)17-9)18-15(21)11(16)7-8-13(19)20/h2-6,11H,7-8,16H2,1H3,(H,18,21)(H,19,20). The van der Waals surface area contributed by atoms with Crippen LogP contribution >= 0.6 is 0 Å². The molecule has 1 aromatic carbocycles. The Morgan fingerprint density at radius 2 is 2.10 bits per heavy atom. The number of rotatable bonds is 5. The molecule has 1 aromatic heterocycles. The summed E-state index contributed by atoms with van der Waals surface area (Å²) in [6.07, 6.45) is -0.0418. The predicted octanol–water partition coefficient (Wildman–Crippen LogP) is 1.67. The van der Waals surface area contributed by atoms with E-state index in [4.69, 9.17) is 10.8 Å². The van der Waals surface area contributed by atoms with Crippen LogP contribution in [0, 0.1) is 6.92 Å². The van der Waals surface area contributed by atoms with Crippen molar-refractivity contribution >= 4 is 28.5 Å². The maximum atomic E-state index is 12.0. The topological polar surface area (TPSA) is 105 Å². The van der Waals surface area contributed by atoms with Crippen LogP contribution in [-0.4, -0.2) is 28.0 Å². The number of nitrogens with two attached hydrogens (primary N) is 1. The number of aliphatic carboxylic acids is 1. The summed E-state index contributed by atoms with van der Waals surface area (Å²) in [5.41, 5.74) is 7.81. The third-order valence-electron chi connectivity index (χ3n) is 3.12. The van der Waals surface area contributed by atoms with E-state index in [0.29, 0.717) is 11.2 Å². The van der Waals surface area contributed by atoms with Crippen molar-refractivity contribution in [2.45, 2.75) is 25.8 Å². The number of nitrogens with zero attached hydrogens (tertiary/aromatic N) is 1. The second kappa shape index (κ2) is 6.32. The molecule has 0 aliphatic rings. The van der Waals surface area contributed by atoms with Crippen molar-refractivity contribution in [3.63, 3.8) is 0 Å². The minimum atomic E-state index is -0.972.